The zero-order valence-electron chi connectivity index (χ0n) is 12.4. The number of benzene rings is 1. The Kier molecular flexibility index (Phi) is 6.20. The molecule has 0 saturated heterocycles. The number of aromatic nitrogens is 3. The van der Waals surface area contributed by atoms with Crippen molar-refractivity contribution >= 4 is 15.9 Å². The highest BCUT2D eigenvalue weighted by Gasteiger charge is 2.02. The molecule has 2 rings (SSSR count). The number of ether oxygens (including phenoxy) is 1. The number of nitrogens with zero attached hydrogens (tertiary/aromatic N) is 3. The highest BCUT2D eigenvalue weighted by molar-refractivity contribution is 9.10. The number of hydrogen-bond acceptors (Lipinski definition) is 4. The van der Waals surface area contributed by atoms with Crippen molar-refractivity contribution in [1.82, 2.24) is 20.3 Å². The maximum absolute atomic E-state index is 5.66. The molecule has 1 N–H and O–H groups in total. The van der Waals surface area contributed by atoms with E-state index in [2.05, 4.69) is 45.4 Å². The molecule has 5 nitrogen and oxygen atoms in total. The third-order valence-electron chi connectivity index (χ3n) is 2.85. The first kappa shape index (κ1) is 16.0. The fourth-order valence-corrected chi connectivity index (χ4v) is 2.07. The molecule has 0 unspecified atom stereocenters. The first-order chi connectivity index (χ1) is 10.1. The normalized spacial score (nSPS) is 11.0. The lowest BCUT2D eigenvalue weighted by Gasteiger charge is -2.06. The van der Waals surface area contributed by atoms with Crippen LogP contribution in [0, 0.1) is 5.92 Å². The van der Waals surface area contributed by atoms with Crippen LogP contribution in [0.15, 0.2) is 34.9 Å². The number of nitrogens with one attached hydrogen (secondary N) is 1. The van der Waals surface area contributed by atoms with E-state index < -0.39 is 0 Å². The van der Waals surface area contributed by atoms with Gasteiger partial charge in [0.1, 0.15) is 12.4 Å². The largest absolute Gasteiger partial charge is 0.492 e. The SMILES string of the molecule is CC(C)CNCc1cn(CCOc2ccc(Br)cc2)nn1. The monoisotopic (exact) mass is 352 g/mol. The van der Waals surface area contributed by atoms with Crippen LogP contribution >= 0.6 is 15.9 Å². The molecule has 1 aromatic heterocycles. The second-order valence-electron chi connectivity index (χ2n) is 5.30. The van der Waals surface area contributed by atoms with Gasteiger partial charge in [-0.2, -0.15) is 0 Å². The summed E-state index contributed by atoms with van der Waals surface area (Å²) in [5.74, 6) is 1.50. The second kappa shape index (κ2) is 8.14. The van der Waals surface area contributed by atoms with Crippen LogP contribution in [0.3, 0.4) is 0 Å². The number of hydrogen-bond donors (Lipinski definition) is 1. The molecule has 0 bridgehead atoms. The van der Waals surface area contributed by atoms with Crippen molar-refractivity contribution in [2.75, 3.05) is 13.2 Å². The van der Waals surface area contributed by atoms with E-state index in [1.165, 1.54) is 0 Å². The molecular weight excluding hydrogens is 332 g/mol. The molecule has 0 radical (unpaired) electrons. The Labute approximate surface area is 133 Å². The molecular formula is C15H21BrN4O. The molecule has 0 atom stereocenters. The zero-order chi connectivity index (χ0) is 15.1. The van der Waals surface area contributed by atoms with Crippen LogP contribution in [-0.2, 0) is 13.1 Å². The quantitative estimate of drug-likeness (QED) is 0.793. The highest BCUT2D eigenvalue weighted by Crippen LogP contribution is 2.15. The van der Waals surface area contributed by atoms with Gasteiger partial charge >= 0.3 is 0 Å². The molecule has 0 amide bonds. The molecule has 114 valence electrons. The van der Waals surface area contributed by atoms with Crippen molar-refractivity contribution in [1.29, 1.82) is 0 Å². The fraction of sp³-hybridized carbons (Fsp3) is 0.467. The van der Waals surface area contributed by atoms with Gasteiger partial charge in [-0.05, 0) is 36.7 Å². The summed E-state index contributed by atoms with van der Waals surface area (Å²) in [7, 11) is 0. The van der Waals surface area contributed by atoms with Crippen LogP contribution in [0.1, 0.15) is 19.5 Å². The van der Waals surface area contributed by atoms with Gasteiger partial charge in [-0.15, -0.1) is 5.10 Å². The predicted octanol–water partition coefficient (Wildman–Crippen LogP) is 2.87. The van der Waals surface area contributed by atoms with Crippen LogP contribution in [0.5, 0.6) is 5.75 Å². The van der Waals surface area contributed by atoms with Crippen molar-refractivity contribution in [3.63, 3.8) is 0 Å². The Bertz CT molecular complexity index is 539. The van der Waals surface area contributed by atoms with Crippen molar-refractivity contribution in [3.05, 3.63) is 40.6 Å². The maximum Gasteiger partial charge on any atom is 0.119 e. The Morgan fingerprint density at radius 3 is 2.76 bits per heavy atom. The summed E-state index contributed by atoms with van der Waals surface area (Å²) in [4.78, 5) is 0. The van der Waals surface area contributed by atoms with Gasteiger partial charge in [0.15, 0.2) is 0 Å². The Hall–Kier alpha value is -1.40. The lowest BCUT2D eigenvalue weighted by molar-refractivity contribution is 0.289. The Balaban J connectivity index is 1.71. The van der Waals surface area contributed by atoms with Gasteiger partial charge in [0.25, 0.3) is 0 Å². The highest BCUT2D eigenvalue weighted by atomic mass is 79.9. The molecule has 0 aliphatic rings. The van der Waals surface area contributed by atoms with E-state index >= 15 is 0 Å². The molecule has 1 heterocycles. The van der Waals surface area contributed by atoms with Crippen molar-refractivity contribution in [2.45, 2.75) is 26.9 Å². The van der Waals surface area contributed by atoms with E-state index in [4.69, 9.17) is 4.74 Å². The summed E-state index contributed by atoms with van der Waals surface area (Å²) >= 11 is 3.40. The van der Waals surface area contributed by atoms with Gasteiger partial charge in [-0.1, -0.05) is 35.0 Å². The van der Waals surface area contributed by atoms with Crippen LogP contribution in [0.2, 0.25) is 0 Å². The first-order valence-corrected chi connectivity index (χ1v) is 7.91. The lowest BCUT2D eigenvalue weighted by atomic mass is 10.2. The van der Waals surface area contributed by atoms with Crippen LogP contribution in [-0.4, -0.2) is 28.1 Å². The van der Waals surface area contributed by atoms with Gasteiger partial charge in [-0.3, -0.25) is 0 Å². The van der Waals surface area contributed by atoms with Gasteiger partial charge in [-0.25, -0.2) is 4.68 Å². The minimum Gasteiger partial charge on any atom is -0.492 e. The average Bonchev–Trinajstić information content (AvgIpc) is 2.88. The Morgan fingerprint density at radius 2 is 2.05 bits per heavy atom. The van der Waals surface area contributed by atoms with Crippen molar-refractivity contribution in [3.8, 4) is 5.75 Å². The Morgan fingerprint density at radius 1 is 1.29 bits per heavy atom. The summed E-state index contributed by atoms with van der Waals surface area (Å²) < 4.78 is 8.52. The zero-order valence-corrected chi connectivity index (χ0v) is 14.0. The fourth-order valence-electron chi connectivity index (χ4n) is 1.81. The summed E-state index contributed by atoms with van der Waals surface area (Å²) in [6.07, 6.45) is 1.96. The van der Waals surface area contributed by atoms with E-state index in [-0.39, 0.29) is 0 Å². The third-order valence-corrected chi connectivity index (χ3v) is 3.38. The second-order valence-corrected chi connectivity index (χ2v) is 6.22. The summed E-state index contributed by atoms with van der Waals surface area (Å²) in [5, 5.41) is 11.6. The van der Waals surface area contributed by atoms with E-state index in [0.717, 1.165) is 29.0 Å². The minimum absolute atomic E-state index is 0.573. The van der Waals surface area contributed by atoms with Gasteiger partial charge in [0, 0.05) is 17.2 Å². The molecule has 1 aromatic carbocycles. The average molecular weight is 353 g/mol. The van der Waals surface area contributed by atoms with Gasteiger partial charge in [0.2, 0.25) is 0 Å². The maximum atomic E-state index is 5.66. The van der Waals surface area contributed by atoms with Crippen molar-refractivity contribution < 1.29 is 4.74 Å². The standard InChI is InChI=1S/C15H21BrN4O/c1-12(2)9-17-10-14-11-20(19-18-14)7-8-21-15-5-3-13(16)4-6-15/h3-6,11-12,17H,7-10H2,1-2H3. The topological polar surface area (TPSA) is 52.0 Å². The number of rotatable bonds is 8. The number of halogens is 1. The summed E-state index contributed by atoms with van der Waals surface area (Å²) in [6, 6.07) is 7.80. The lowest BCUT2D eigenvalue weighted by Crippen LogP contribution is -2.19. The minimum atomic E-state index is 0.573. The van der Waals surface area contributed by atoms with Gasteiger partial charge < -0.3 is 10.1 Å². The van der Waals surface area contributed by atoms with Crippen LogP contribution < -0.4 is 10.1 Å². The van der Waals surface area contributed by atoms with E-state index in [9.17, 15) is 0 Å². The molecule has 0 spiro atoms. The van der Waals surface area contributed by atoms with Crippen LogP contribution in [0.25, 0.3) is 0 Å². The van der Waals surface area contributed by atoms with Gasteiger partial charge in [0.05, 0.1) is 12.2 Å². The predicted molar refractivity (Wildman–Crippen MR) is 86.2 cm³/mol. The van der Waals surface area contributed by atoms with E-state index in [1.54, 1.807) is 0 Å². The van der Waals surface area contributed by atoms with Crippen molar-refractivity contribution in [2.24, 2.45) is 5.92 Å². The summed E-state index contributed by atoms with van der Waals surface area (Å²) in [5.41, 5.74) is 0.958. The van der Waals surface area contributed by atoms with E-state index in [0.29, 0.717) is 19.1 Å². The smallest absolute Gasteiger partial charge is 0.119 e. The molecule has 0 aliphatic heterocycles. The molecule has 0 fully saturated rings. The molecule has 21 heavy (non-hydrogen) atoms. The molecule has 0 saturated carbocycles. The van der Waals surface area contributed by atoms with Crippen LogP contribution in [0.4, 0.5) is 0 Å². The first-order valence-electron chi connectivity index (χ1n) is 7.11. The summed E-state index contributed by atoms with van der Waals surface area (Å²) in [6.45, 7) is 7.37. The molecule has 2 aromatic rings. The third kappa shape index (κ3) is 5.85. The van der Waals surface area contributed by atoms with E-state index in [1.807, 2.05) is 35.1 Å². The molecule has 6 heteroatoms. The molecule has 0 aliphatic carbocycles.